The standard InChI is InChI=1S/C26H31NO4/c1-26(2,3)18-8-12-20(13-9-18)31-25(30)15-6-10-19(11-7-15)27-23(28)21-16-4-5-17(14-16)22(21)24(27)29/h4-5,8-9,12-13,15-17,19,21-22H,6-7,10-11,14H2,1-3H3/t15?,16-,17-,19?,21-,22+/m0/s1. The fourth-order valence-electron chi connectivity index (χ4n) is 6.08. The molecule has 1 aromatic carbocycles. The first-order valence-electron chi connectivity index (χ1n) is 11.6. The smallest absolute Gasteiger partial charge is 0.314 e. The van der Waals surface area contributed by atoms with Crippen LogP contribution in [0.1, 0.15) is 58.4 Å². The second-order valence-electron chi connectivity index (χ2n) is 10.7. The molecule has 0 unspecified atom stereocenters. The Morgan fingerprint density at radius 2 is 1.45 bits per heavy atom. The molecule has 31 heavy (non-hydrogen) atoms. The van der Waals surface area contributed by atoms with E-state index in [1.54, 1.807) is 4.90 Å². The molecule has 1 heterocycles. The second kappa shape index (κ2) is 7.32. The summed E-state index contributed by atoms with van der Waals surface area (Å²) in [5.74, 6) is 0.445. The molecule has 4 atom stereocenters. The fraction of sp³-hybridized carbons (Fsp3) is 0.577. The van der Waals surface area contributed by atoms with Gasteiger partial charge in [0.05, 0.1) is 17.8 Å². The molecular weight excluding hydrogens is 390 g/mol. The van der Waals surface area contributed by atoms with E-state index in [0.717, 1.165) is 6.42 Å². The molecule has 1 saturated heterocycles. The van der Waals surface area contributed by atoms with Gasteiger partial charge in [-0.2, -0.15) is 0 Å². The molecule has 2 bridgehead atoms. The molecule has 3 fully saturated rings. The van der Waals surface area contributed by atoms with Crippen molar-refractivity contribution in [2.75, 3.05) is 0 Å². The van der Waals surface area contributed by atoms with E-state index in [2.05, 4.69) is 32.9 Å². The summed E-state index contributed by atoms with van der Waals surface area (Å²) < 4.78 is 5.63. The SMILES string of the molecule is CC(C)(C)c1ccc(OC(=O)C2CCC(N3C(=O)[C@@H]4[C@H](C3=O)[C@H]3C=C[C@H]4C3)CC2)cc1. The van der Waals surface area contributed by atoms with Crippen molar-refractivity contribution in [1.29, 1.82) is 0 Å². The molecule has 0 spiro atoms. The minimum atomic E-state index is -0.208. The maximum absolute atomic E-state index is 13.0. The Morgan fingerprint density at radius 1 is 0.903 bits per heavy atom. The topological polar surface area (TPSA) is 63.7 Å². The minimum Gasteiger partial charge on any atom is -0.426 e. The Balaban J connectivity index is 1.18. The van der Waals surface area contributed by atoms with E-state index in [0.29, 0.717) is 31.4 Å². The van der Waals surface area contributed by atoms with E-state index in [-0.39, 0.29) is 58.8 Å². The van der Waals surface area contributed by atoms with E-state index in [1.807, 2.05) is 24.3 Å². The minimum absolute atomic E-state index is 0.0248. The van der Waals surface area contributed by atoms with Crippen molar-refractivity contribution in [3.05, 3.63) is 42.0 Å². The van der Waals surface area contributed by atoms with Crippen LogP contribution < -0.4 is 4.74 Å². The van der Waals surface area contributed by atoms with Gasteiger partial charge in [-0.05, 0) is 67.1 Å². The fourth-order valence-corrected chi connectivity index (χ4v) is 6.08. The zero-order valence-electron chi connectivity index (χ0n) is 18.5. The normalized spacial score (nSPS) is 34.4. The van der Waals surface area contributed by atoms with Crippen molar-refractivity contribution < 1.29 is 19.1 Å². The zero-order chi connectivity index (χ0) is 21.9. The van der Waals surface area contributed by atoms with Gasteiger partial charge in [-0.15, -0.1) is 0 Å². The molecule has 0 radical (unpaired) electrons. The predicted molar refractivity (Wildman–Crippen MR) is 116 cm³/mol. The number of carbonyl (C=O) groups excluding carboxylic acids is 3. The number of likely N-dealkylation sites (tertiary alicyclic amines) is 1. The molecule has 4 aliphatic rings. The molecule has 5 nitrogen and oxygen atoms in total. The van der Waals surface area contributed by atoms with Crippen LogP contribution in [0.4, 0.5) is 0 Å². The van der Waals surface area contributed by atoms with Crippen LogP contribution in [-0.2, 0) is 19.8 Å². The van der Waals surface area contributed by atoms with Gasteiger partial charge in [-0.3, -0.25) is 19.3 Å². The highest BCUT2D eigenvalue weighted by Crippen LogP contribution is 2.53. The molecule has 5 rings (SSSR count). The van der Waals surface area contributed by atoms with Crippen molar-refractivity contribution in [2.45, 2.75) is 64.3 Å². The van der Waals surface area contributed by atoms with Crippen LogP contribution in [0.15, 0.2) is 36.4 Å². The molecule has 0 N–H and O–H groups in total. The summed E-state index contributed by atoms with van der Waals surface area (Å²) in [5, 5.41) is 0. The molecule has 3 aliphatic carbocycles. The Kier molecular flexibility index (Phi) is 4.83. The van der Waals surface area contributed by atoms with E-state index < -0.39 is 0 Å². The van der Waals surface area contributed by atoms with Crippen LogP contribution >= 0.6 is 0 Å². The maximum atomic E-state index is 13.0. The number of hydrogen-bond acceptors (Lipinski definition) is 4. The van der Waals surface area contributed by atoms with Crippen molar-refractivity contribution in [2.24, 2.45) is 29.6 Å². The number of amides is 2. The van der Waals surface area contributed by atoms with E-state index >= 15 is 0 Å². The lowest BCUT2D eigenvalue weighted by Gasteiger charge is -2.33. The summed E-state index contributed by atoms with van der Waals surface area (Å²) >= 11 is 0. The number of esters is 1. The van der Waals surface area contributed by atoms with Crippen LogP contribution in [0.3, 0.4) is 0 Å². The second-order valence-corrected chi connectivity index (χ2v) is 10.7. The largest absolute Gasteiger partial charge is 0.426 e. The number of rotatable bonds is 3. The Morgan fingerprint density at radius 3 is 1.97 bits per heavy atom. The molecule has 1 aliphatic heterocycles. The van der Waals surface area contributed by atoms with Gasteiger partial charge in [0.2, 0.25) is 11.8 Å². The molecular formula is C26H31NO4. The molecule has 164 valence electrons. The van der Waals surface area contributed by atoms with Gasteiger partial charge in [0.25, 0.3) is 0 Å². The van der Waals surface area contributed by atoms with Gasteiger partial charge in [-0.25, -0.2) is 0 Å². The average molecular weight is 422 g/mol. The van der Waals surface area contributed by atoms with Gasteiger partial charge >= 0.3 is 5.97 Å². The number of benzene rings is 1. The van der Waals surface area contributed by atoms with Crippen molar-refractivity contribution in [3.63, 3.8) is 0 Å². The average Bonchev–Trinajstić information content (AvgIpc) is 3.42. The molecule has 5 heteroatoms. The summed E-state index contributed by atoms with van der Waals surface area (Å²) in [6, 6.07) is 7.64. The van der Waals surface area contributed by atoms with Crippen LogP contribution in [0, 0.1) is 29.6 Å². The van der Waals surface area contributed by atoms with Gasteiger partial charge in [0, 0.05) is 6.04 Å². The third-order valence-electron chi connectivity index (χ3n) is 7.84. The van der Waals surface area contributed by atoms with Crippen LogP contribution in [0.2, 0.25) is 0 Å². The lowest BCUT2D eigenvalue weighted by atomic mass is 9.85. The highest BCUT2D eigenvalue weighted by atomic mass is 16.5. The third kappa shape index (κ3) is 3.42. The number of hydrogen-bond donors (Lipinski definition) is 0. The summed E-state index contributed by atoms with van der Waals surface area (Å²) in [4.78, 5) is 40.3. The lowest BCUT2D eigenvalue weighted by molar-refractivity contribution is -0.145. The predicted octanol–water partition coefficient (Wildman–Crippen LogP) is 4.26. The summed E-state index contributed by atoms with van der Waals surface area (Å²) in [6.07, 6.45) is 7.88. The summed E-state index contributed by atoms with van der Waals surface area (Å²) in [5.41, 5.74) is 1.25. The molecule has 2 amide bonds. The maximum Gasteiger partial charge on any atom is 0.314 e. The van der Waals surface area contributed by atoms with Crippen LogP contribution in [0.5, 0.6) is 5.75 Å². The Bertz CT molecular complexity index is 903. The zero-order valence-corrected chi connectivity index (χ0v) is 18.5. The van der Waals surface area contributed by atoms with Gasteiger partial charge in [0.15, 0.2) is 0 Å². The van der Waals surface area contributed by atoms with Crippen molar-refractivity contribution in [3.8, 4) is 5.75 Å². The molecule has 2 saturated carbocycles. The quantitative estimate of drug-likeness (QED) is 0.317. The lowest BCUT2D eigenvalue weighted by Crippen LogP contribution is -2.44. The number of fused-ring (bicyclic) bond motifs is 5. The number of carbonyl (C=O) groups is 3. The first-order chi connectivity index (χ1) is 14.7. The van der Waals surface area contributed by atoms with Gasteiger partial charge in [0.1, 0.15) is 5.75 Å². The number of nitrogens with zero attached hydrogens (tertiary/aromatic N) is 1. The highest BCUT2D eigenvalue weighted by molar-refractivity contribution is 6.06. The highest BCUT2D eigenvalue weighted by Gasteiger charge is 2.60. The first kappa shape index (κ1) is 20.5. The Labute approximate surface area is 183 Å². The van der Waals surface area contributed by atoms with E-state index in [9.17, 15) is 14.4 Å². The number of imide groups is 1. The van der Waals surface area contributed by atoms with E-state index in [1.165, 1.54) is 5.56 Å². The summed E-state index contributed by atoms with van der Waals surface area (Å²) in [7, 11) is 0. The number of ether oxygens (including phenoxy) is 1. The van der Waals surface area contributed by atoms with Crippen molar-refractivity contribution >= 4 is 17.8 Å². The Hall–Kier alpha value is -2.43. The van der Waals surface area contributed by atoms with Gasteiger partial charge < -0.3 is 4.74 Å². The van der Waals surface area contributed by atoms with Gasteiger partial charge in [-0.1, -0.05) is 45.1 Å². The number of allylic oxidation sites excluding steroid dienone is 2. The van der Waals surface area contributed by atoms with E-state index in [4.69, 9.17) is 4.74 Å². The van der Waals surface area contributed by atoms with Crippen LogP contribution in [0.25, 0.3) is 0 Å². The van der Waals surface area contributed by atoms with Crippen LogP contribution in [-0.4, -0.2) is 28.7 Å². The molecule has 1 aromatic rings. The first-order valence-corrected chi connectivity index (χ1v) is 11.6. The third-order valence-corrected chi connectivity index (χ3v) is 7.84. The van der Waals surface area contributed by atoms with Crippen molar-refractivity contribution in [1.82, 2.24) is 4.90 Å². The molecule has 0 aromatic heterocycles. The monoisotopic (exact) mass is 421 g/mol. The summed E-state index contributed by atoms with van der Waals surface area (Å²) in [6.45, 7) is 6.45.